The lowest BCUT2D eigenvalue weighted by molar-refractivity contribution is 0.133. The van der Waals surface area contributed by atoms with Crippen molar-refractivity contribution in [1.29, 1.82) is 0 Å². The number of H-pyrrole nitrogens is 1. The Kier molecular flexibility index (Phi) is 3.25. The zero-order valence-corrected chi connectivity index (χ0v) is 12.3. The minimum atomic E-state index is 0.224. The topological polar surface area (TPSA) is 75.7 Å². The second kappa shape index (κ2) is 5.40. The largest absolute Gasteiger partial charge is 0.370 e. The van der Waals surface area contributed by atoms with Gasteiger partial charge in [0.15, 0.2) is 0 Å². The number of fused-ring (bicyclic) bond motifs is 1. The van der Waals surface area contributed by atoms with Gasteiger partial charge in [-0.2, -0.15) is 5.10 Å². The number of aromatic nitrogens is 4. The van der Waals surface area contributed by atoms with E-state index in [0.717, 1.165) is 28.1 Å². The molecule has 0 unspecified atom stereocenters. The highest BCUT2D eigenvalue weighted by atomic mass is 35.5. The average Bonchev–Trinajstić information content (AvgIpc) is 3.18. The average molecular weight is 314 g/mol. The lowest BCUT2D eigenvalue weighted by Crippen LogP contribution is -2.01. The fourth-order valence-electron chi connectivity index (χ4n) is 2.42. The predicted octanol–water partition coefficient (Wildman–Crippen LogP) is 3.29. The standard InChI is InChI=1S/C15H12ClN5O/c16-15-20-13-8-22-7-12(13)14(21-15)19-11-3-1-9(2-4-11)10-5-17-18-6-10/h1-6H,7-8H2,(H,17,18)(H,19,20,21). The number of benzene rings is 1. The van der Waals surface area contributed by atoms with Crippen molar-refractivity contribution in [3.63, 3.8) is 0 Å². The Bertz CT molecular complexity index is 802. The summed E-state index contributed by atoms with van der Waals surface area (Å²) >= 11 is 5.96. The molecule has 0 bridgehead atoms. The van der Waals surface area contributed by atoms with Gasteiger partial charge in [-0.3, -0.25) is 5.10 Å². The number of hydrogen-bond donors (Lipinski definition) is 2. The van der Waals surface area contributed by atoms with Gasteiger partial charge in [-0.05, 0) is 29.3 Å². The van der Waals surface area contributed by atoms with Crippen LogP contribution < -0.4 is 5.32 Å². The first-order chi connectivity index (χ1) is 10.8. The molecule has 6 nitrogen and oxygen atoms in total. The third-order valence-electron chi connectivity index (χ3n) is 3.53. The number of rotatable bonds is 3. The molecular formula is C15H12ClN5O. The van der Waals surface area contributed by atoms with Crippen LogP contribution in [-0.4, -0.2) is 20.2 Å². The molecule has 0 atom stereocenters. The molecule has 2 aromatic heterocycles. The zero-order chi connectivity index (χ0) is 14.9. The van der Waals surface area contributed by atoms with Gasteiger partial charge in [0.25, 0.3) is 0 Å². The second-order valence-electron chi connectivity index (χ2n) is 4.95. The summed E-state index contributed by atoms with van der Waals surface area (Å²) in [7, 11) is 0. The van der Waals surface area contributed by atoms with Crippen LogP contribution in [0, 0.1) is 0 Å². The van der Waals surface area contributed by atoms with Crippen LogP contribution in [0.2, 0.25) is 5.28 Å². The van der Waals surface area contributed by atoms with E-state index in [-0.39, 0.29) is 5.28 Å². The van der Waals surface area contributed by atoms with E-state index in [1.54, 1.807) is 6.20 Å². The van der Waals surface area contributed by atoms with E-state index in [4.69, 9.17) is 16.3 Å². The number of aromatic amines is 1. The monoisotopic (exact) mass is 313 g/mol. The van der Waals surface area contributed by atoms with Crippen molar-refractivity contribution in [2.45, 2.75) is 13.2 Å². The fourth-order valence-corrected chi connectivity index (χ4v) is 2.60. The summed E-state index contributed by atoms with van der Waals surface area (Å²) in [5.74, 6) is 0.698. The highest BCUT2D eigenvalue weighted by molar-refractivity contribution is 6.28. The van der Waals surface area contributed by atoms with E-state index < -0.39 is 0 Å². The number of anilines is 2. The third-order valence-corrected chi connectivity index (χ3v) is 3.70. The highest BCUT2D eigenvalue weighted by Crippen LogP contribution is 2.29. The quantitative estimate of drug-likeness (QED) is 0.726. The maximum Gasteiger partial charge on any atom is 0.224 e. The summed E-state index contributed by atoms with van der Waals surface area (Å²) in [5, 5.41) is 10.3. The van der Waals surface area contributed by atoms with Crippen molar-refractivity contribution in [1.82, 2.24) is 20.2 Å². The molecule has 0 fully saturated rings. The molecule has 0 amide bonds. The van der Waals surface area contributed by atoms with Crippen LogP contribution in [0.3, 0.4) is 0 Å². The molecule has 7 heteroatoms. The summed E-state index contributed by atoms with van der Waals surface area (Å²) in [6.07, 6.45) is 3.65. The van der Waals surface area contributed by atoms with Gasteiger partial charge < -0.3 is 10.1 Å². The predicted molar refractivity (Wildman–Crippen MR) is 82.8 cm³/mol. The number of ether oxygens (including phenoxy) is 1. The molecule has 1 aromatic carbocycles. The van der Waals surface area contributed by atoms with Gasteiger partial charge in [0, 0.05) is 23.0 Å². The summed E-state index contributed by atoms with van der Waals surface area (Å²) in [6, 6.07) is 8.01. The maximum atomic E-state index is 5.96. The molecular weight excluding hydrogens is 302 g/mol. The van der Waals surface area contributed by atoms with Gasteiger partial charge in [-0.15, -0.1) is 0 Å². The van der Waals surface area contributed by atoms with Crippen LogP contribution in [0.25, 0.3) is 11.1 Å². The summed E-state index contributed by atoms with van der Waals surface area (Å²) in [6.45, 7) is 0.980. The van der Waals surface area contributed by atoms with E-state index in [9.17, 15) is 0 Å². The molecule has 1 aliphatic heterocycles. The van der Waals surface area contributed by atoms with Gasteiger partial charge >= 0.3 is 0 Å². The summed E-state index contributed by atoms with van der Waals surface area (Å²) in [5.41, 5.74) is 4.87. The molecule has 3 heterocycles. The Hall–Kier alpha value is -2.44. The smallest absolute Gasteiger partial charge is 0.224 e. The van der Waals surface area contributed by atoms with Crippen molar-refractivity contribution in [3.8, 4) is 11.1 Å². The van der Waals surface area contributed by atoms with Crippen molar-refractivity contribution in [2.24, 2.45) is 0 Å². The van der Waals surface area contributed by atoms with Gasteiger partial charge in [0.2, 0.25) is 5.28 Å². The molecule has 0 spiro atoms. The molecule has 1 aliphatic rings. The molecule has 22 heavy (non-hydrogen) atoms. The lowest BCUT2D eigenvalue weighted by Gasteiger charge is -2.10. The molecule has 0 saturated heterocycles. The lowest BCUT2D eigenvalue weighted by atomic mass is 10.1. The van der Waals surface area contributed by atoms with Crippen molar-refractivity contribution in [2.75, 3.05) is 5.32 Å². The zero-order valence-electron chi connectivity index (χ0n) is 11.5. The highest BCUT2D eigenvalue weighted by Gasteiger charge is 2.19. The van der Waals surface area contributed by atoms with E-state index in [1.807, 2.05) is 30.5 Å². The minimum Gasteiger partial charge on any atom is -0.370 e. The number of halogens is 1. The Labute approximate surface area is 131 Å². The number of nitrogens with one attached hydrogen (secondary N) is 2. The number of hydrogen-bond acceptors (Lipinski definition) is 5. The first-order valence-corrected chi connectivity index (χ1v) is 7.17. The molecule has 0 aliphatic carbocycles. The van der Waals surface area contributed by atoms with E-state index in [0.29, 0.717) is 19.0 Å². The molecule has 3 aromatic rings. The van der Waals surface area contributed by atoms with Crippen LogP contribution in [0.1, 0.15) is 11.3 Å². The molecule has 4 rings (SSSR count). The Morgan fingerprint density at radius 1 is 1.09 bits per heavy atom. The Morgan fingerprint density at radius 3 is 2.73 bits per heavy atom. The van der Waals surface area contributed by atoms with Gasteiger partial charge in [0.05, 0.1) is 25.1 Å². The minimum absolute atomic E-state index is 0.224. The van der Waals surface area contributed by atoms with Gasteiger partial charge in [-0.25, -0.2) is 9.97 Å². The molecule has 2 N–H and O–H groups in total. The van der Waals surface area contributed by atoms with Crippen LogP contribution in [-0.2, 0) is 18.0 Å². The Morgan fingerprint density at radius 2 is 1.95 bits per heavy atom. The van der Waals surface area contributed by atoms with Crippen LogP contribution >= 0.6 is 11.6 Å². The van der Waals surface area contributed by atoms with Crippen molar-refractivity contribution in [3.05, 3.63) is 53.2 Å². The van der Waals surface area contributed by atoms with Crippen LogP contribution in [0.5, 0.6) is 0 Å². The SMILES string of the molecule is Clc1nc2c(c(Nc3ccc(-c4cn[nH]c4)cc3)n1)COC2. The first-order valence-electron chi connectivity index (χ1n) is 6.79. The van der Waals surface area contributed by atoms with Gasteiger partial charge in [-0.1, -0.05) is 12.1 Å². The number of nitrogens with zero attached hydrogens (tertiary/aromatic N) is 3. The van der Waals surface area contributed by atoms with E-state index in [1.165, 1.54) is 0 Å². The molecule has 0 radical (unpaired) electrons. The normalized spacial score (nSPS) is 13.1. The fraction of sp³-hybridized carbons (Fsp3) is 0.133. The molecule has 0 saturated carbocycles. The third kappa shape index (κ3) is 2.43. The first kappa shape index (κ1) is 13.2. The van der Waals surface area contributed by atoms with Crippen LogP contribution in [0.15, 0.2) is 36.7 Å². The second-order valence-corrected chi connectivity index (χ2v) is 5.29. The van der Waals surface area contributed by atoms with E-state index >= 15 is 0 Å². The van der Waals surface area contributed by atoms with Gasteiger partial charge in [0.1, 0.15) is 5.82 Å². The Balaban J connectivity index is 1.62. The summed E-state index contributed by atoms with van der Waals surface area (Å²) in [4.78, 5) is 8.44. The molecule has 110 valence electrons. The van der Waals surface area contributed by atoms with Crippen LogP contribution in [0.4, 0.5) is 11.5 Å². The van der Waals surface area contributed by atoms with E-state index in [2.05, 4.69) is 25.5 Å². The van der Waals surface area contributed by atoms with Crippen molar-refractivity contribution >= 4 is 23.1 Å². The summed E-state index contributed by atoms with van der Waals surface area (Å²) < 4.78 is 5.40. The maximum absolute atomic E-state index is 5.96. The van der Waals surface area contributed by atoms with Crippen molar-refractivity contribution < 1.29 is 4.74 Å².